The summed E-state index contributed by atoms with van der Waals surface area (Å²) in [5.41, 5.74) is 2.26. The third kappa shape index (κ3) is 1.71. The third-order valence-electron chi connectivity index (χ3n) is 1.74. The van der Waals surface area contributed by atoms with E-state index in [0.717, 1.165) is 5.69 Å². The molecule has 0 radical (unpaired) electrons. The lowest BCUT2D eigenvalue weighted by atomic mass is 10.2. The van der Waals surface area contributed by atoms with Gasteiger partial charge in [0.25, 0.3) is 0 Å². The number of benzene rings is 1. The highest BCUT2D eigenvalue weighted by Crippen LogP contribution is 2.16. The monoisotopic (exact) mass is 151 g/mol. The van der Waals surface area contributed by atoms with Gasteiger partial charge in [0, 0.05) is 12.7 Å². The Morgan fingerprint density at radius 1 is 1.36 bits per heavy atom. The highest BCUT2D eigenvalue weighted by molar-refractivity contribution is 5.51. The first kappa shape index (κ1) is 8.08. The van der Waals surface area contributed by atoms with Crippen LogP contribution < -0.4 is 4.90 Å². The van der Waals surface area contributed by atoms with Crippen LogP contribution >= 0.6 is 0 Å². The minimum absolute atomic E-state index is 0.0604. The smallest absolute Gasteiger partial charge is 0.115 e. The number of para-hydroxylation sites is 1. The molecule has 0 aromatic heterocycles. The van der Waals surface area contributed by atoms with Crippen molar-refractivity contribution in [1.29, 1.82) is 0 Å². The Morgan fingerprint density at radius 3 is 2.55 bits per heavy atom. The van der Waals surface area contributed by atoms with Gasteiger partial charge in [-0.25, -0.2) is 0 Å². The molecule has 1 aromatic rings. The van der Waals surface area contributed by atoms with Crippen LogP contribution in [-0.2, 0) is 0 Å². The van der Waals surface area contributed by atoms with Gasteiger partial charge in [-0.2, -0.15) is 0 Å². The predicted molar refractivity (Wildman–Crippen MR) is 46.7 cm³/mol. The fraction of sp³-hybridized carbons (Fsp3) is 0.333. The molecule has 11 heavy (non-hydrogen) atoms. The molecule has 0 unspecified atom stereocenters. The topological polar surface area (TPSA) is 23.5 Å². The fourth-order valence-corrected chi connectivity index (χ4v) is 1.07. The van der Waals surface area contributed by atoms with E-state index in [2.05, 4.69) is 0 Å². The summed E-state index contributed by atoms with van der Waals surface area (Å²) in [5.74, 6) is 0. The van der Waals surface area contributed by atoms with Crippen molar-refractivity contribution >= 4 is 5.69 Å². The maximum absolute atomic E-state index is 8.84. The van der Waals surface area contributed by atoms with Gasteiger partial charge in [0.1, 0.15) is 6.73 Å². The lowest BCUT2D eigenvalue weighted by Gasteiger charge is -2.17. The van der Waals surface area contributed by atoms with Crippen LogP contribution in [0.5, 0.6) is 0 Å². The first-order chi connectivity index (χ1) is 5.25. The standard InChI is InChI=1S/C9H13NO/c1-8-5-3-4-6-9(8)10(2)7-11/h3-6,11H,7H2,1-2H3. The van der Waals surface area contributed by atoms with Crippen LogP contribution in [0.1, 0.15) is 5.56 Å². The van der Waals surface area contributed by atoms with E-state index in [-0.39, 0.29) is 6.73 Å². The van der Waals surface area contributed by atoms with E-state index in [1.54, 1.807) is 4.90 Å². The normalized spacial score (nSPS) is 9.73. The SMILES string of the molecule is Cc1ccccc1N(C)CO. The van der Waals surface area contributed by atoms with Crippen molar-refractivity contribution < 1.29 is 5.11 Å². The van der Waals surface area contributed by atoms with Gasteiger partial charge in [-0.3, -0.25) is 0 Å². The molecule has 0 bridgehead atoms. The summed E-state index contributed by atoms with van der Waals surface area (Å²) >= 11 is 0. The van der Waals surface area contributed by atoms with E-state index in [1.807, 2.05) is 38.2 Å². The molecule has 0 spiro atoms. The quantitative estimate of drug-likeness (QED) is 0.645. The van der Waals surface area contributed by atoms with Crippen molar-refractivity contribution in [2.75, 3.05) is 18.7 Å². The Balaban J connectivity index is 2.93. The molecule has 0 fully saturated rings. The molecule has 0 aliphatic rings. The second kappa shape index (κ2) is 3.39. The average molecular weight is 151 g/mol. The maximum atomic E-state index is 8.84. The van der Waals surface area contributed by atoms with Crippen LogP contribution in [-0.4, -0.2) is 18.9 Å². The minimum Gasteiger partial charge on any atom is -0.376 e. The van der Waals surface area contributed by atoms with E-state index in [4.69, 9.17) is 5.11 Å². The summed E-state index contributed by atoms with van der Waals surface area (Å²) in [6.07, 6.45) is 0. The Kier molecular flexibility index (Phi) is 2.49. The van der Waals surface area contributed by atoms with Crippen LogP contribution in [0.25, 0.3) is 0 Å². The van der Waals surface area contributed by atoms with Crippen LogP contribution in [0.4, 0.5) is 5.69 Å². The predicted octanol–water partition coefficient (Wildman–Crippen LogP) is 1.38. The number of anilines is 1. The highest BCUT2D eigenvalue weighted by Gasteiger charge is 1.99. The molecule has 2 nitrogen and oxygen atoms in total. The van der Waals surface area contributed by atoms with E-state index < -0.39 is 0 Å². The summed E-state index contributed by atoms with van der Waals surface area (Å²) in [6, 6.07) is 7.98. The van der Waals surface area contributed by atoms with E-state index in [9.17, 15) is 0 Å². The molecule has 0 aliphatic carbocycles. The van der Waals surface area contributed by atoms with Crippen LogP contribution in [0.3, 0.4) is 0 Å². The molecule has 1 N–H and O–H groups in total. The summed E-state index contributed by atoms with van der Waals surface area (Å²) in [6.45, 7) is 2.09. The molecule has 1 rings (SSSR count). The highest BCUT2D eigenvalue weighted by atomic mass is 16.3. The minimum atomic E-state index is 0.0604. The Morgan fingerprint density at radius 2 is 2.00 bits per heavy atom. The first-order valence-corrected chi connectivity index (χ1v) is 3.63. The Labute approximate surface area is 67.1 Å². The zero-order valence-electron chi connectivity index (χ0n) is 6.91. The molecule has 1 aromatic carbocycles. The maximum Gasteiger partial charge on any atom is 0.115 e. The van der Waals surface area contributed by atoms with Gasteiger partial charge >= 0.3 is 0 Å². The lowest BCUT2D eigenvalue weighted by Crippen LogP contribution is -2.18. The number of hydrogen-bond donors (Lipinski definition) is 1. The van der Waals surface area contributed by atoms with Crippen LogP contribution in [0.2, 0.25) is 0 Å². The lowest BCUT2D eigenvalue weighted by molar-refractivity contribution is 0.298. The van der Waals surface area contributed by atoms with Crippen LogP contribution in [0, 0.1) is 6.92 Å². The summed E-state index contributed by atoms with van der Waals surface area (Å²) in [5, 5.41) is 8.84. The number of aliphatic hydroxyl groups excluding tert-OH is 1. The molecule has 0 saturated heterocycles. The Bertz CT molecular complexity index is 235. The molecule has 0 aliphatic heterocycles. The molecule has 0 saturated carbocycles. The van der Waals surface area contributed by atoms with Crippen LogP contribution in [0.15, 0.2) is 24.3 Å². The molecule has 0 amide bonds. The van der Waals surface area contributed by atoms with Gasteiger partial charge in [0.2, 0.25) is 0 Å². The second-order valence-electron chi connectivity index (χ2n) is 2.63. The zero-order valence-corrected chi connectivity index (χ0v) is 6.91. The van der Waals surface area contributed by atoms with Crippen molar-refractivity contribution in [2.24, 2.45) is 0 Å². The van der Waals surface area contributed by atoms with E-state index in [1.165, 1.54) is 5.56 Å². The zero-order chi connectivity index (χ0) is 8.27. The number of nitrogens with zero attached hydrogens (tertiary/aromatic N) is 1. The van der Waals surface area contributed by atoms with Crippen molar-refractivity contribution in [2.45, 2.75) is 6.92 Å². The first-order valence-electron chi connectivity index (χ1n) is 3.63. The Hall–Kier alpha value is -1.02. The number of aryl methyl sites for hydroxylation is 1. The van der Waals surface area contributed by atoms with Crippen molar-refractivity contribution in [3.8, 4) is 0 Å². The molecular formula is C9H13NO. The van der Waals surface area contributed by atoms with E-state index >= 15 is 0 Å². The molecule has 0 atom stereocenters. The van der Waals surface area contributed by atoms with Gasteiger partial charge in [0.05, 0.1) is 0 Å². The van der Waals surface area contributed by atoms with Crippen molar-refractivity contribution in [1.82, 2.24) is 0 Å². The third-order valence-corrected chi connectivity index (χ3v) is 1.74. The van der Waals surface area contributed by atoms with Gasteiger partial charge < -0.3 is 10.0 Å². The number of rotatable bonds is 2. The van der Waals surface area contributed by atoms with Crippen molar-refractivity contribution in [3.05, 3.63) is 29.8 Å². The molecule has 0 heterocycles. The van der Waals surface area contributed by atoms with Crippen molar-refractivity contribution in [3.63, 3.8) is 0 Å². The molecule has 60 valence electrons. The largest absolute Gasteiger partial charge is 0.376 e. The van der Waals surface area contributed by atoms with Gasteiger partial charge in [-0.05, 0) is 18.6 Å². The average Bonchev–Trinajstić information content (AvgIpc) is 2.04. The molecular weight excluding hydrogens is 138 g/mol. The fourth-order valence-electron chi connectivity index (χ4n) is 1.07. The van der Waals surface area contributed by atoms with Gasteiger partial charge in [0.15, 0.2) is 0 Å². The van der Waals surface area contributed by atoms with Gasteiger partial charge in [-0.1, -0.05) is 18.2 Å². The summed E-state index contributed by atoms with van der Waals surface area (Å²) in [7, 11) is 1.86. The second-order valence-corrected chi connectivity index (χ2v) is 2.63. The molecule has 2 heteroatoms. The number of aliphatic hydroxyl groups is 1. The summed E-state index contributed by atoms with van der Waals surface area (Å²) in [4.78, 5) is 1.80. The van der Waals surface area contributed by atoms with E-state index in [0.29, 0.717) is 0 Å². The number of hydrogen-bond acceptors (Lipinski definition) is 2. The summed E-state index contributed by atoms with van der Waals surface area (Å²) < 4.78 is 0. The van der Waals surface area contributed by atoms with Gasteiger partial charge in [-0.15, -0.1) is 0 Å².